The van der Waals surface area contributed by atoms with Gasteiger partial charge in [0.05, 0.1) is 30.1 Å². The number of nitrogens with one attached hydrogen (secondary N) is 3. The molecule has 4 aromatic heterocycles. The standard InChI is InChI=1S/C52H63N11O6/c1-29-41(37-14-17-53-28-55-37)42(29)47(64)58-44-46(61-25-52(26-61)15-18-56-52)48-57-39(24-68-48)31-10-13-40-35(20-31)36(21-51(3,4)27-69-50(66)38-9-7-19-62(59-38)49(44)65)45(34-8-6-16-54-43(34)30(2)67-5)63(40)33-22-60(23-33)32-11-12-32/h6,8,10,13-14,16-17,20,24,28-30,32-33,38,41-42,44,46,56,59H,7,9,11-12,15,18-19,21-23,25-27H2,1-5H3,(H,58,64)/t29-,30-,38-,41-,42+,44-,46-/m0/s1. The fourth-order valence-corrected chi connectivity index (χ4v) is 12.1. The van der Waals surface area contributed by atoms with Crippen LogP contribution in [-0.4, -0.2) is 134 Å². The third kappa shape index (κ3) is 7.94. The van der Waals surface area contributed by atoms with Gasteiger partial charge in [0, 0.05) is 109 Å². The maximum atomic E-state index is 15.3. The van der Waals surface area contributed by atoms with Gasteiger partial charge in [0.2, 0.25) is 11.8 Å². The number of hydrogen-bond donors (Lipinski definition) is 3. The lowest BCUT2D eigenvalue weighted by Gasteiger charge is -2.59. The number of benzene rings is 1. The maximum Gasteiger partial charge on any atom is 0.324 e. The zero-order valence-corrected chi connectivity index (χ0v) is 40.2. The number of fused-ring (bicyclic) bond motifs is 6. The highest BCUT2D eigenvalue weighted by molar-refractivity contribution is 5.95. The van der Waals surface area contributed by atoms with Crippen molar-refractivity contribution in [1.29, 1.82) is 0 Å². The largest absolute Gasteiger partial charge is 0.464 e. The van der Waals surface area contributed by atoms with Gasteiger partial charge in [-0.25, -0.2) is 20.4 Å². The van der Waals surface area contributed by atoms with Crippen LogP contribution in [0.4, 0.5) is 0 Å². The first-order valence-electron chi connectivity index (χ1n) is 25.0. The van der Waals surface area contributed by atoms with Crippen LogP contribution in [0.5, 0.6) is 0 Å². The Morgan fingerprint density at radius 1 is 1.03 bits per heavy atom. The molecule has 1 spiro atoms. The molecule has 7 atom stereocenters. The Bertz CT molecular complexity index is 2790. The molecular formula is C52H63N11O6. The Hall–Kier alpha value is -5.59. The number of pyridine rings is 1. The number of oxazole rings is 1. The Balaban J connectivity index is 0.996. The lowest BCUT2D eigenvalue weighted by molar-refractivity contribution is -0.157. The molecule has 9 heterocycles. The summed E-state index contributed by atoms with van der Waals surface area (Å²) in [5.41, 5.74) is 10.2. The van der Waals surface area contributed by atoms with Crippen molar-refractivity contribution >= 4 is 28.7 Å². The average Bonchev–Trinajstić information content (AvgIpc) is 4.20. The lowest BCUT2D eigenvalue weighted by Crippen LogP contribution is -2.77. The van der Waals surface area contributed by atoms with Crippen LogP contribution in [0.15, 0.2) is 65.8 Å². The molecule has 6 bridgehead atoms. The van der Waals surface area contributed by atoms with Crippen molar-refractivity contribution in [3.8, 4) is 22.5 Å². The summed E-state index contributed by atoms with van der Waals surface area (Å²) >= 11 is 0. The summed E-state index contributed by atoms with van der Waals surface area (Å²) in [4.78, 5) is 67.6. The van der Waals surface area contributed by atoms with Crippen molar-refractivity contribution in [3.63, 3.8) is 0 Å². The van der Waals surface area contributed by atoms with Crippen LogP contribution in [-0.2, 0) is 30.3 Å². The minimum absolute atomic E-state index is 0.00806. The molecule has 2 amide bonds. The van der Waals surface area contributed by atoms with Crippen molar-refractivity contribution in [3.05, 3.63) is 84.2 Å². The number of hydrazine groups is 1. The second-order valence-electron chi connectivity index (χ2n) is 21.8. The van der Waals surface area contributed by atoms with E-state index in [1.54, 1.807) is 19.6 Å². The fourth-order valence-electron chi connectivity index (χ4n) is 12.1. The van der Waals surface area contributed by atoms with Gasteiger partial charge in [-0.15, -0.1) is 0 Å². The predicted octanol–water partition coefficient (Wildman–Crippen LogP) is 5.12. The average molecular weight is 938 g/mol. The van der Waals surface area contributed by atoms with Gasteiger partial charge in [-0.05, 0) is 93.8 Å². The Morgan fingerprint density at radius 3 is 2.59 bits per heavy atom. The topological polar surface area (TPSA) is 185 Å². The predicted molar refractivity (Wildman–Crippen MR) is 255 cm³/mol. The Labute approximate surface area is 402 Å². The van der Waals surface area contributed by atoms with E-state index < -0.39 is 35.4 Å². The quantitative estimate of drug-likeness (QED) is 0.166. The number of carbonyl (C=O) groups is 3. The van der Waals surface area contributed by atoms with Gasteiger partial charge < -0.3 is 29.1 Å². The van der Waals surface area contributed by atoms with Crippen molar-refractivity contribution in [2.45, 2.75) is 114 Å². The number of aromatic nitrogens is 5. The molecule has 2 aliphatic carbocycles. The number of nitrogens with zero attached hydrogens (tertiary/aromatic N) is 8. The van der Waals surface area contributed by atoms with E-state index in [-0.39, 0.29) is 47.9 Å². The van der Waals surface area contributed by atoms with Crippen LogP contribution in [0.25, 0.3) is 33.4 Å². The number of esters is 1. The number of ether oxygens (including phenoxy) is 2. The van der Waals surface area contributed by atoms with E-state index in [4.69, 9.17) is 23.9 Å². The van der Waals surface area contributed by atoms with Crippen LogP contribution in [0.1, 0.15) is 107 Å². The highest BCUT2D eigenvalue weighted by Crippen LogP contribution is 2.53. The first kappa shape index (κ1) is 44.6. The molecule has 17 nitrogen and oxygen atoms in total. The molecule has 5 aliphatic heterocycles. The Morgan fingerprint density at radius 2 is 1.86 bits per heavy atom. The van der Waals surface area contributed by atoms with Crippen LogP contribution >= 0.6 is 0 Å². The lowest BCUT2D eigenvalue weighted by atomic mass is 9.78. The second kappa shape index (κ2) is 17.1. The molecule has 3 N–H and O–H groups in total. The molecule has 7 aliphatic rings. The normalized spacial score (nSPS) is 28.6. The van der Waals surface area contributed by atoms with Crippen molar-refractivity contribution in [2.24, 2.45) is 17.3 Å². The van der Waals surface area contributed by atoms with Crippen LogP contribution in [0.3, 0.4) is 0 Å². The third-order valence-corrected chi connectivity index (χ3v) is 16.3. The fraction of sp³-hybridized carbons (Fsp3) is 0.558. The van der Waals surface area contributed by atoms with Crippen LogP contribution in [0, 0.1) is 17.3 Å². The monoisotopic (exact) mass is 937 g/mol. The molecular weight excluding hydrogens is 875 g/mol. The molecule has 362 valence electrons. The van der Waals surface area contributed by atoms with Gasteiger partial charge in [-0.3, -0.25) is 34.2 Å². The molecule has 1 aromatic carbocycles. The van der Waals surface area contributed by atoms with E-state index in [0.717, 1.165) is 70.7 Å². The van der Waals surface area contributed by atoms with E-state index in [0.29, 0.717) is 56.5 Å². The second-order valence-corrected chi connectivity index (χ2v) is 21.8. The van der Waals surface area contributed by atoms with Crippen LogP contribution in [0.2, 0.25) is 0 Å². The summed E-state index contributed by atoms with van der Waals surface area (Å²) in [6.07, 6.45) is 11.6. The van der Waals surface area contributed by atoms with Gasteiger partial charge in [0.25, 0.3) is 5.91 Å². The number of likely N-dealkylation sites (tertiary alicyclic amines) is 2. The van der Waals surface area contributed by atoms with E-state index in [1.807, 2.05) is 32.2 Å². The molecule has 69 heavy (non-hydrogen) atoms. The number of hydrogen-bond acceptors (Lipinski definition) is 14. The van der Waals surface area contributed by atoms with Crippen molar-refractivity contribution < 1.29 is 28.3 Å². The van der Waals surface area contributed by atoms with Gasteiger partial charge in [-0.2, -0.15) is 0 Å². The van der Waals surface area contributed by atoms with Gasteiger partial charge >= 0.3 is 5.97 Å². The number of methoxy groups -OCH3 is 1. The van der Waals surface area contributed by atoms with Crippen molar-refractivity contribution in [1.82, 2.24) is 55.4 Å². The van der Waals surface area contributed by atoms with Crippen LogP contribution < -0.4 is 16.1 Å². The molecule has 5 aromatic rings. The van der Waals surface area contributed by atoms with E-state index in [1.165, 1.54) is 24.2 Å². The first-order valence-corrected chi connectivity index (χ1v) is 25.0. The van der Waals surface area contributed by atoms with E-state index in [2.05, 4.69) is 78.5 Å². The maximum absolute atomic E-state index is 15.3. The van der Waals surface area contributed by atoms with Crippen molar-refractivity contribution in [2.75, 3.05) is 53.0 Å². The summed E-state index contributed by atoms with van der Waals surface area (Å²) in [6, 6.07) is 10.8. The number of cyclic esters (lactones) is 1. The summed E-state index contributed by atoms with van der Waals surface area (Å²) < 4.78 is 21.3. The summed E-state index contributed by atoms with van der Waals surface area (Å²) in [7, 11) is 1.72. The highest BCUT2D eigenvalue weighted by Gasteiger charge is 2.57. The van der Waals surface area contributed by atoms with Gasteiger partial charge in [0.15, 0.2) is 0 Å². The molecule has 4 saturated heterocycles. The molecule has 17 heteroatoms. The minimum atomic E-state index is -1.10. The smallest absolute Gasteiger partial charge is 0.324 e. The zero-order valence-electron chi connectivity index (χ0n) is 40.2. The third-order valence-electron chi connectivity index (χ3n) is 16.3. The zero-order chi connectivity index (χ0) is 47.3. The summed E-state index contributed by atoms with van der Waals surface area (Å²) in [6.45, 7) is 13.0. The molecule has 0 radical (unpaired) electrons. The molecule has 12 rings (SSSR count). The summed E-state index contributed by atoms with van der Waals surface area (Å²) in [5.74, 6) is -1.18. The minimum Gasteiger partial charge on any atom is -0.464 e. The van der Waals surface area contributed by atoms with E-state index >= 15 is 4.79 Å². The SMILES string of the molecule is CO[C@@H](C)c1ncccc1-c1c2c3cc(ccc3n1C1CN(C3CC3)C1)-c1coc(n1)[C@@H](N1CC3(CCN3)C1)[C@H](NC(=O)[C@@H]1[C@@H](C)[C@H]1c1ccncn1)C(=O)N1CCC[C@H](N1)C(=O)OCC(C)(C)C2. The van der Waals surface area contributed by atoms with Gasteiger partial charge in [-0.1, -0.05) is 26.8 Å². The number of rotatable bonds is 9. The Kier molecular flexibility index (Phi) is 11.0. The molecule has 6 fully saturated rings. The number of carbonyl (C=O) groups excluding carboxylic acids is 3. The van der Waals surface area contributed by atoms with Gasteiger partial charge in [0.1, 0.15) is 36.4 Å². The molecule has 2 saturated carbocycles. The summed E-state index contributed by atoms with van der Waals surface area (Å²) in [5, 5.41) is 9.45. The first-order chi connectivity index (χ1) is 33.4. The highest BCUT2D eigenvalue weighted by atomic mass is 16.5. The number of amides is 2. The molecule has 0 unspecified atom stereocenters. The van der Waals surface area contributed by atoms with E-state index in [9.17, 15) is 9.59 Å².